The molecule has 0 amide bonds. The van der Waals surface area contributed by atoms with Crippen LogP contribution in [-0.2, 0) is 20.2 Å². The van der Waals surface area contributed by atoms with Crippen LogP contribution in [0.1, 0.15) is 5.56 Å². The van der Waals surface area contributed by atoms with Crippen LogP contribution in [0.4, 0.5) is 5.69 Å². The molecule has 0 aliphatic carbocycles. The summed E-state index contributed by atoms with van der Waals surface area (Å²) in [6.45, 7) is 1.69. The smallest absolute Gasteiger partial charge is 0.296 e. The molecule has 0 saturated heterocycles. The van der Waals surface area contributed by atoms with Gasteiger partial charge in [0.25, 0.3) is 20.2 Å². The molecule has 0 aliphatic heterocycles. The lowest BCUT2D eigenvalue weighted by Crippen LogP contribution is -2.08. The topological polar surface area (TPSA) is 135 Å². The van der Waals surface area contributed by atoms with Gasteiger partial charge in [0.05, 0.1) is 5.69 Å². The molecular weight excluding hydrogens is 306 g/mol. The van der Waals surface area contributed by atoms with Gasteiger partial charge < -0.3 is 5.73 Å². The van der Waals surface area contributed by atoms with Gasteiger partial charge in [-0.2, -0.15) is 16.8 Å². The average molecular weight is 317 g/mol. The van der Waals surface area contributed by atoms with Crippen LogP contribution >= 0.6 is 0 Å². The predicted octanol–water partition coefficient (Wildman–Crippen LogP) is 1.22. The molecule has 2 rings (SSSR count). The fourth-order valence-corrected chi connectivity index (χ4v) is 3.37. The third kappa shape index (κ3) is 2.48. The number of rotatable bonds is 2. The number of fused-ring (bicyclic) bond motifs is 1. The summed E-state index contributed by atoms with van der Waals surface area (Å²) in [6, 6.07) is 5.11. The summed E-state index contributed by atoms with van der Waals surface area (Å²) in [7, 11) is -9.40. The molecule has 7 nitrogen and oxygen atoms in total. The van der Waals surface area contributed by atoms with Crippen molar-refractivity contribution in [2.45, 2.75) is 16.7 Å². The zero-order valence-electron chi connectivity index (χ0n) is 10.2. The summed E-state index contributed by atoms with van der Waals surface area (Å²) in [5, 5.41) is 0.191. The lowest BCUT2D eigenvalue weighted by Gasteiger charge is -2.11. The highest BCUT2D eigenvalue weighted by Crippen LogP contribution is 2.34. The zero-order valence-corrected chi connectivity index (χ0v) is 11.9. The van der Waals surface area contributed by atoms with Crippen LogP contribution in [-0.4, -0.2) is 25.9 Å². The third-order valence-corrected chi connectivity index (χ3v) is 4.60. The van der Waals surface area contributed by atoms with Crippen molar-refractivity contribution >= 4 is 36.7 Å². The Balaban J connectivity index is 3.12. The van der Waals surface area contributed by atoms with E-state index in [1.165, 1.54) is 12.1 Å². The Bertz CT molecular complexity index is 916. The zero-order chi connectivity index (χ0) is 15.3. The number of aryl methyl sites for hydroxylation is 1. The SMILES string of the molecule is Cc1ccc2c(N)c(S(=O)(=O)O)cc(S(=O)(=O)O)c2c1. The minimum atomic E-state index is -4.72. The summed E-state index contributed by atoms with van der Waals surface area (Å²) >= 11 is 0. The van der Waals surface area contributed by atoms with Gasteiger partial charge in [0.15, 0.2) is 0 Å². The average Bonchev–Trinajstić information content (AvgIpc) is 2.25. The van der Waals surface area contributed by atoms with E-state index < -0.39 is 30.0 Å². The second-order valence-electron chi connectivity index (χ2n) is 4.29. The number of hydrogen-bond acceptors (Lipinski definition) is 5. The third-order valence-electron chi connectivity index (χ3n) is 2.81. The van der Waals surface area contributed by atoms with E-state index in [1.54, 1.807) is 13.0 Å². The molecule has 108 valence electrons. The molecule has 9 heteroatoms. The van der Waals surface area contributed by atoms with E-state index in [0.29, 0.717) is 11.6 Å². The Kier molecular flexibility index (Phi) is 3.25. The highest BCUT2D eigenvalue weighted by Gasteiger charge is 2.23. The van der Waals surface area contributed by atoms with Gasteiger partial charge in [-0.15, -0.1) is 0 Å². The maximum atomic E-state index is 11.4. The van der Waals surface area contributed by atoms with E-state index in [0.717, 1.165) is 0 Å². The van der Waals surface area contributed by atoms with Crippen molar-refractivity contribution < 1.29 is 25.9 Å². The number of nitrogens with two attached hydrogens (primary N) is 1. The molecule has 0 spiro atoms. The molecule has 0 fully saturated rings. The van der Waals surface area contributed by atoms with Crippen molar-refractivity contribution in [2.75, 3.05) is 5.73 Å². The predicted molar refractivity (Wildman–Crippen MR) is 72.7 cm³/mol. The van der Waals surface area contributed by atoms with Crippen molar-refractivity contribution in [1.82, 2.24) is 0 Å². The van der Waals surface area contributed by atoms with Gasteiger partial charge in [0.2, 0.25) is 0 Å². The van der Waals surface area contributed by atoms with Crippen molar-refractivity contribution in [2.24, 2.45) is 0 Å². The normalized spacial score (nSPS) is 12.8. The molecule has 2 aromatic rings. The summed E-state index contributed by atoms with van der Waals surface area (Å²) in [4.78, 5) is -1.39. The van der Waals surface area contributed by atoms with E-state index in [9.17, 15) is 21.4 Å². The van der Waals surface area contributed by atoms with Crippen LogP contribution in [0, 0.1) is 6.92 Å². The Hall–Kier alpha value is -1.68. The Morgan fingerprint density at radius 1 is 0.900 bits per heavy atom. The first kappa shape index (κ1) is 14.7. The highest BCUT2D eigenvalue weighted by molar-refractivity contribution is 7.87. The molecule has 0 atom stereocenters. The van der Waals surface area contributed by atoms with Crippen LogP contribution < -0.4 is 5.73 Å². The molecule has 0 aliphatic rings. The van der Waals surface area contributed by atoms with Crippen LogP contribution in [0.2, 0.25) is 0 Å². The summed E-state index contributed by atoms with van der Waals surface area (Å²) in [5.41, 5.74) is 6.06. The maximum absolute atomic E-state index is 11.4. The van der Waals surface area contributed by atoms with E-state index in [4.69, 9.17) is 10.3 Å². The number of nitrogen functional groups attached to an aromatic ring is 1. The van der Waals surface area contributed by atoms with Crippen molar-refractivity contribution in [3.8, 4) is 0 Å². The largest absolute Gasteiger partial charge is 0.397 e. The number of hydrogen-bond donors (Lipinski definition) is 3. The van der Waals surface area contributed by atoms with Gasteiger partial charge in [-0.05, 0) is 19.1 Å². The van der Waals surface area contributed by atoms with Crippen LogP contribution in [0.3, 0.4) is 0 Å². The molecule has 0 unspecified atom stereocenters. The first-order valence-corrected chi connectivity index (χ1v) is 8.17. The monoisotopic (exact) mass is 317 g/mol. The minimum Gasteiger partial charge on any atom is -0.397 e. The molecule has 4 N–H and O–H groups in total. The molecule has 0 radical (unpaired) electrons. The summed E-state index contributed by atoms with van der Waals surface area (Å²) < 4.78 is 63.6. The highest BCUT2D eigenvalue weighted by atomic mass is 32.2. The molecule has 20 heavy (non-hydrogen) atoms. The van der Waals surface area contributed by atoms with E-state index in [1.807, 2.05) is 0 Å². The lowest BCUT2D eigenvalue weighted by atomic mass is 10.1. The first-order chi connectivity index (χ1) is 9.01. The standard InChI is InChI=1S/C11H11NO6S2/c1-6-2-3-7-8(4-6)9(19(13,14)15)5-10(11(7)12)20(16,17)18/h2-5H,12H2,1H3,(H,13,14,15)(H,16,17,18). The van der Waals surface area contributed by atoms with Gasteiger partial charge in [0.1, 0.15) is 9.79 Å². The van der Waals surface area contributed by atoms with Gasteiger partial charge in [-0.1, -0.05) is 17.7 Å². The van der Waals surface area contributed by atoms with Gasteiger partial charge in [0, 0.05) is 10.8 Å². The number of anilines is 1. The number of benzene rings is 2. The summed E-state index contributed by atoms with van der Waals surface area (Å²) in [5.74, 6) is 0. The second-order valence-corrected chi connectivity index (χ2v) is 7.07. The molecule has 0 heterocycles. The Morgan fingerprint density at radius 3 is 1.95 bits per heavy atom. The Labute approximate surface area is 115 Å². The second kappa shape index (κ2) is 4.42. The maximum Gasteiger partial charge on any atom is 0.296 e. The van der Waals surface area contributed by atoms with Crippen molar-refractivity contribution in [3.05, 3.63) is 29.8 Å². The van der Waals surface area contributed by atoms with Crippen LogP contribution in [0.5, 0.6) is 0 Å². The fraction of sp³-hybridized carbons (Fsp3) is 0.0909. The van der Waals surface area contributed by atoms with Gasteiger partial charge in [-0.3, -0.25) is 9.11 Å². The summed E-state index contributed by atoms with van der Waals surface area (Å²) in [6.07, 6.45) is 0. The van der Waals surface area contributed by atoms with Crippen molar-refractivity contribution in [1.29, 1.82) is 0 Å². The van der Waals surface area contributed by atoms with Gasteiger partial charge >= 0.3 is 0 Å². The van der Waals surface area contributed by atoms with E-state index >= 15 is 0 Å². The van der Waals surface area contributed by atoms with Crippen molar-refractivity contribution in [3.63, 3.8) is 0 Å². The Morgan fingerprint density at radius 2 is 1.45 bits per heavy atom. The molecular formula is C11H11NO6S2. The van der Waals surface area contributed by atoms with Crippen LogP contribution in [0.25, 0.3) is 10.8 Å². The molecule has 0 bridgehead atoms. The minimum absolute atomic E-state index is 0.0809. The lowest BCUT2D eigenvalue weighted by molar-refractivity contribution is 0.482. The molecule has 0 aromatic heterocycles. The quantitative estimate of drug-likeness (QED) is 0.560. The van der Waals surface area contributed by atoms with Gasteiger partial charge in [-0.25, -0.2) is 0 Å². The molecule has 2 aromatic carbocycles. The first-order valence-electron chi connectivity index (χ1n) is 5.29. The fourth-order valence-electron chi connectivity index (χ4n) is 1.93. The molecule has 0 saturated carbocycles. The van der Waals surface area contributed by atoms with E-state index in [2.05, 4.69) is 0 Å². The van der Waals surface area contributed by atoms with E-state index in [-0.39, 0.29) is 16.5 Å². The van der Waals surface area contributed by atoms with Crippen LogP contribution in [0.15, 0.2) is 34.1 Å².